The molecule has 1 saturated carbocycles. The van der Waals surface area contributed by atoms with E-state index >= 15 is 0 Å². The number of rotatable bonds is 7. The quantitative estimate of drug-likeness (QED) is 0.725. The maximum absolute atomic E-state index is 6.14. The van der Waals surface area contributed by atoms with Gasteiger partial charge in [-0.2, -0.15) is 0 Å². The zero-order chi connectivity index (χ0) is 14.3. The molecule has 1 spiro atoms. The molecule has 1 aliphatic carbocycles. The van der Waals surface area contributed by atoms with Gasteiger partial charge in [-0.25, -0.2) is 0 Å². The van der Waals surface area contributed by atoms with E-state index in [4.69, 9.17) is 9.47 Å². The first-order valence-electron chi connectivity index (χ1n) is 8.65. The second-order valence-electron chi connectivity index (χ2n) is 7.06. The fourth-order valence-corrected chi connectivity index (χ4v) is 3.55. The lowest BCUT2D eigenvalue weighted by atomic mass is 9.78. The molecule has 2 rings (SSSR count). The molecule has 3 heteroatoms. The predicted molar refractivity (Wildman–Crippen MR) is 83.1 cm³/mol. The summed E-state index contributed by atoms with van der Waals surface area (Å²) in [4.78, 5) is 0. The Labute approximate surface area is 124 Å². The minimum absolute atomic E-state index is 0.225. The van der Waals surface area contributed by atoms with Gasteiger partial charge in [0.15, 0.2) is 0 Å². The van der Waals surface area contributed by atoms with E-state index in [1.807, 2.05) is 0 Å². The Kier molecular flexibility index (Phi) is 6.79. The molecule has 0 radical (unpaired) electrons. The zero-order valence-electron chi connectivity index (χ0n) is 13.5. The molecule has 0 aromatic rings. The molecule has 1 atom stereocenters. The lowest BCUT2D eigenvalue weighted by Crippen LogP contribution is -2.48. The molecular formula is C17H33NO2. The van der Waals surface area contributed by atoms with Gasteiger partial charge < -0.3 is 14.8 Å². The van der Waals surface area contributed by atoms with Crippen molar-refractivity contribution in [3.63, 3.8) is 0 Å². The highest BCUT2D eigenvalue weighted by atomic mass is 16.5. The first kappa shape index (κ1) is 16.3. The Balaban J connectivity index is 1.58. The molecule has 20 heavy (non-hydrogen) atoms. The smallest absolute Gasteiger partial charge is 0.0697 e. The highest BCUT2D eigenvalue weighted by Crippen LogP contribution is 2.38. The third-order valence-electron chi connectivity index (χ3n) is 4.61. The van der Waals surface area contributed by atoms with Crippen LogP contribution >= 0.6 is 0 Å². The summed E-state index contributed by atoms with van der Waals surface area (Å²) in [6, 6.07) is 0.659. The number of hydrogen-bond donors (Lipinski definition) is 1. The van der Waals surface area contributed by atoms with E-state index in [0.29, 0.717) is 12.0 Å². The van der Waals surface area contributed by atoms with Crippen molar-refractivity contribution in [2.75, 3.05) is 26.4 Å². The maximum atomic E-state index is 6.14. The maximum Gasteiger partial charge on any atom is 0.0697 e. The van der Waals surface area contributed by atoms with E-state index in [9.17, 15) is 0 Å². The molecule has 0 aromatic carbocycles. The van der Waals surface area contributed by atoms with Crippen LogP contribution in [0.4, 0.5) is 0 Å². The first-order chi connectivity index (χ1) is 9.70. The second-order valence-corrected chi connectivity index (χ2v) is 7.06. The molecule has 2 aliphatic rings. The van der Waals surface area contributed by atoms with Gasteiger partial charge in [0.05, 0.1) is 5.60 Å². The topological polar surface area (TPSA) is 30.5 Å². The largest absolute Gasteiger partial charge is 0.381 e. The number of nitrogens with one attached hydrogen (secondary N) is 1. The van der Waals surface area contributed by atoms with Crippen LogP contribution in [0.3, 0.4) is 0 Å². The molecule has 118 valence electrons. The SMILES string of the molecule is CC(C)COCCCNC1CCOC2(CCCCC2)C1. The molecule has 1 heterocycles. The highest BCUT2D eigenvalue weighted by Gasteiger charge is 2.38. The summed E-state index contributed by atoms with van der Waals surface area (Å²) >= 11 is 0. The van der Waals surface area contributed by atoms with Crippen LogP contribution in [0, 0.1) is 5.92 Å². The normalized spacial score (nSPS) is 26.2. The standard InChI is InChI=1S/C17H33NO2/c1-15(2)14-19-11-6-10-18-16-7-12-20-17(13-16)8-4-3-5-9-17/h15-16,18H,3-14H2,1-2H3. The molecule has 0 amide bonds. The van der Waals surface area contributed by atoms with Crippen molar-refractivity contribution in [1.82, 2.24) is 5.32 Å². The van der Waals surface area contributed by atoms with Crippen LogP contribution in [0.15, 0.2) is 0 Å². The first-order valence-corrected chi connectivity index (χ1v) is 8.65. The van der Waals surface area contributed by atoms with Crippen molar-refractivity contribution in [3.05, 3.63) is 0 Å². The van der Waals surface area contributed by atoms with Crippen LogP contribution in [0.2, 0.25) is 0 Å². The van der Waals surface area contributed by atoms with Gasteiger partial charge >= 0.3 is 0 Å². The molecule has 2 fully saturated rings. The van der Waals surface area contributed by atoms with Crippen molar-refractivity contribution in [3.8, 4) is 0 Å². The van der Waals surface area contributed by atoms with Crippen LogP contribution in [-0.4, -0.2) is 38.0 Å². The monoisotopic (exact) mass is 283 g/mol. The van der Waals surface area contributed by atoms with E-state index in [0.717, 1.165) is 32.8 Å². The van der Waals surface area contributed by atoms with Crippen LogP contribution in [-0.2, 0) is 9.47 Å². The molecule has 1 saturated heterocycles. The van der Waals surface area contributed by atoms with Crippen molar-refractivity contribution in [1.29, 1.82) is 0 Å². The summed E-state index contributed by atoms with van der Waals surface area (Å²) in [6.07, 6.45) is 10.2. The van der Waals surface area contributed by atoms with Crippen molar-refractivity contribution < 1.29 is 9.47 Å². The van der Waals surface area contributed by atoms with Crippen molar-refractivity contribution >= 4 is 0 Å². The fourth-order valence-electron chi connectivity index (χ4n) is 3.55. The minimum atomic E-state index is 0.225. The van der Waals surface area contributed by atoms with Crippen molar-refractivity contribution in [2.24, 2.45) is 5.92 Å². The van der Waals surface area contributed by atoms with Crippen LogP contribution in [0.25, 0.3) is 0 Å². The average molecular weight is 283 g/mol. The van der Waals surface area contributed by atoms with Gasteiger partial charge in [0.1, 0.15) is 0 Å². The molecule has 1 N–H and O–H groups in total. The molecule has 1 unspecified atom stereocenters. The van der Waals surface area contributed by atoms with E-state index in [-0.39, 0.29) is 5.60 Å². The second kappa shape index (κ2) is 8.35. The third-order valence-corrected chi connectivity index (χ3v) is 4.61. The highest BCUT2D eigenvalue weighted by molar-refractivity contribution is 4.91. The Hall–Kier alpha value is -0.120. The Bertz CT molecular complexity index is 256. The summed E-state index contributed by atoms with van der Waals surface area (Å²) in [5.74, 6) is 0.643. The van der Waals surface area contributed by atoms with Crippen molar-refractivity contribution in [2.45, 2.75) is 76.9 Å². The summed E-state index contributed by atoms with van der Waals surface area (Å²) in [5.41, 5.74) is 0.225. The van der Waals surface area contributed by atoms with E-state index in [2.05, 4.69) is 19.2 Å². The van der Waals surface area contributed by atoms with Crippen LogP contribution < -0.4 is 5.32 Å². The Morgan fingerprint density at radius 3 is 2.80 bits per heavy atom. The fraction of sp³-hybridized carbons (Fsp3) is 1.00. The third kappa shape index (κ3) is 5.34. The van der Waals surface area contributed by atoms with Gasteiger partial charge in [-0.05, 0) is 44.6 Å². The zero-order valence-corrected chi connectivity index (χ0v) is 13.5. The van der Waals surface area contributed by atoms with Crippen LogP contribution in [0.5, 0.6) is 0 Å². The molecule has 0 aromatic heterocycles. The van der Waals surface area contributed by atoms with E-state index in [1.54, 1.807) is 0 Å². The van der Waals surface area contributed by atoms with Crippen LogP contribution in [0.1, 0.15) is 65.2 Å². The lowest BCUT2D eigenvalue weighted by molar-refractivity contribution is -0.109. The van der Waals surface area contributed by atoms with Gasteiger partial charge in [0.25, 0.3) is 0 Å². The predicted octanol–water partition coefficient (Wildman–Crippen LogP) is 3.52. The molecule has 0 bridgehead atoms. The molecular weight excluding hydrogens is 250 g/mol. The summed E-state index contributed by atoms with van der Waals surface area (Å²) in [6.45, 7) is 8.20. The van der Waals surface area contributed by atoms with Gasteiger partial charge in [-0.1, -0.05) is 33.1 Å². The number of ether oxygens (including phenoxy) is 2. The summed E-state index contributed by atoms with van der Waals surface area (Å²) in [7, 11) is 0. The van der Waals surface area contributed by atoms with Gasteiger partial charge in [0.2, 0.25) is 0 Å². The molecule has 3 nitrogen and oxygen atoms in total. The van der Waals surface area contributed by atoms with Gasteiger partial charge in [-0.15, -0.1) is 0 Å². The molecule has 1 aliphatic heterocycles. The van der Waals surface area contributed by atoms with Gasteiger partial charge in [-0.3, -0.25) is 0 Å². The van der Waals surface area contributed by atoms with Gasteiger partial charge in [0, 0.05) is 25.9 Å². The Morgan fingerprint density at radius 1 is 1.25 bits per heavy atom. The van der Waals surface area contributed by atoms with E-state index in [1.165, 1.54) is 44.9 Å². The summed E-state index contributed by atoms with van der Waals surface area (Å²) < 4.78 is 11.8. The van der Waals surface area contributed by atoms with E-state index < -0.39 is 0 Å². The number of hydrogen-bond acceptors (Lipinski definition) is 3. The lowest BCUT2D eigenvalue weighted by Gasteiger charge is -2.43. The Morgan fingerprint density at radius 2 is 2.05 bits per heavy atom. The average Bonchev–Trinajstić information content (AvgIpc) is 2.43. The summed E-state index contributed by atoms with van der Waals surface area (Å²) in [5, 5.41) is 3.72. The minimum Gasteiger partial charge on any atom is -0.381 e.